The second-order valence-corrected chi connectivity index (χ2v) is 4.45. The van der Waals surface area contributed by atoms with Gasteiger partial charge in [0, 0.05) is 0 Å². The molecule has 3 aliphatic carbocycles. The lowest BCUT2D eigenvalue weighted by Gasteiger charge is -2.56. The Morgan fingerprint density at radius 1 is 1.64 bits per heavy atom. The normalized spacial score (nSPS) is 38.9. The highest BCUT2D eigenvalue weighted by Gasteiger charge is 2.50. The van der Waals surface area contributed by atoms with Crippen LogP contribution in [0.15, 0.2) is 24.3 Å². The predicted molar refractivity (Wildman–Crippen MR) is 48.3 cm³/mol. The van der Waals surface area contributed by atoms with Crippen molar-refractivity contribution in [2.45, 2.75) is 26.7 Å². The molecule has 0 unspecified atom stereocenters. The predicted octanol–water partition coefficient (Wildman–Crippen LogP) is 3.16. The molecule has 0 radical (unpaired) electrons. The van der Waals surface area contributed by atoms with E-state index in [0.717, 1.165) is 11.8 Å². The highest BCUT2D eigenvalue weighted by atomic mass is 14.5. The maximum Gasteiger partial charge on any atom is -0.0108 e. The molecule has 0 heterocycles. The highest BCUT2D eigenvalue weighted by Crippen LogP contribution is 2.59. The minimum Gasteiger partial charge on any atom is -0.0988 e. The molecule has 1 fully saturated rings. The van der Waals surface area contributed by atoms with Gasteiger partial charge in [-0.3, -0.25) is 0 Å². The van der Waals surface area contributed by atoms with Crippen molar-refractivity contribution in [1.82, 2.24) is 0 Å². The van der Waals surface area contributed by atoms with Gasteiger partial charge in [-0.05, 0) is 35.7 Å². The molecule has 0 spiro atoms. The molecule has 11 heavy (non-hydrogen) atoms. The van der Waals surface area contributed by atoms with Crippen LogP contribution in [-0.2, 0) is 0 Å². The van der Waals surface area contributed by atoms with Crippen molar-refractivity contribution in [1.29, 1.82) is 0 Å². The molecular formula is C11H16. The van der Waals surface area contributed by atoms with Crippen LogP contribution in [0.5, 0.6) is 0 Å². The second-order valence-electron chi connectivity index (χ2n) is 4.45. The van der Waals surface area contributed by atoms with Gasteiger partial charge in [-0.2, -0.15) is 0 Å². The van der Waals surface area contributed by atoms with Crippen molar-refractivity contribution in [3.8, 4) is 0 Å². The SMILES string of the molecule is C=CC1=CC[C@H]2C[C@@H]1C2(C)C. The van der Waals surface area contributed by atoms with Gasteiger partial charge >= 0.3 is 0 Å². The van der Waals surface area contributed by atoms with E-state index in [1.54, 1.807) is 0 Å². The van der Waals surface area contributed by atoms with Crippen LogP contribution in [0.4, 0.5) is 0 Å². The summed E-state index contributed by atoms with van der Waals surface area (Å²) in [6.07, 6.45) is 7.11. The van der Waals surface area contributed by atoms with Crippen LogP contribution in [0.2, 0.25) is 0 Å². The zero-order chi connectivity index (χ0) is 8.06. The van der Waals surface area contributed by atoms with Gasteiger partial charge in [0.05, 0.1) is 0 Å². The largest absolute Gasteiger partial charge is 0.0988 e. The van der Waals surface area contributed by atoms with E-state index >= 15 is 0 Å². The molecule has 0 aromatic carbocycles. The Balaban J connectivity index is 2.30. The zero-order valence-electron chi connectivity index (χ0n) is 7.43. The summed E-state index contributed by atoms with van der Waals surface area (Å²) < 4.78 is 0. The first-order chi connectivity index (χ1) is 5.16. The maximum absolute atomic E-state index is 3.86. The van der Waals surface area contributed by atoms with Crippen LogP contribution < -0.4 is 0 Å². The first kappa shape index (κ1) is 7.15. The van der Waals surface area contributed by atoms with Gasteiger partial charge in [-0.15, -0.1) is 0 Å². The van der Waals surface area contributed by atoms with Crippen molar-refractivity contribution in [3.63, 3.8) is 0 Å². The molecule has 0 aromatic heterocycles. The fourth-order valence-electron chi connectivity index (χ4n) is 2.63. The molecule has 3 rings (SSSR count). The topological polar surface area (TPSA) is 0 Å². The summed E-state index contributed by atoms with van der Waals surface area (Å²) in [7, 11) is 0. The Morgan fingerprint density at radius 2 is 2.36 bits per heavy atom. The molecule has 0 heteroatoms. The van der Waals surface area contributed by atoms with Crippen LogP contribution in [-0.4, -0.2) is 0 Å². The third-order valence-electron chi connectivity index (χ3n) is 3.75. The molecule has 2 atom stereocenters. The second kappa shape index (κ2) is 2.00. The Morgan fingerprint density at radius 3 is 2.73 bits per heavy atom. The first-order valence-corrected chi connectivity index (χ1v) is 4.48. The van der Waals surface area contributed by atoms with Gasteiger partial charge in [-0.25, -0.2) is 0 Å². The number of fused-ring (bicyclic) bond motifs is 1. The number of hydrogen-bond donors (Lipinski definition) is 0. The third-order valence-corrected chi connectivity index (χ3v) is 3.75. The van der Waals surface area contributed by atoms with E-state index in [-0.39, 0.29) is 0 Å². The van der Waals surface area contributed by atoms with Crippen LogP contribution in [0.1, 0.15) is 26.7 Å². The smallest absolute Gasteiger partial charge is 0.0108 e. The van der Waals surface area contributed by atoms with Gasteiger partial charge < -0.3 is 0 Å². The molecule has 0 amide bonds. The van der Waals surface area contributed by atoms with E-state index < -0.39 is 0 Å². The van der Waals surface area contributed by atoms with Gasteiger partial charge in [0.25, 0.3) is 0 Å². The molecule has 0 aromatic rings. The minimum absolute atomic E-state index is 0.568. The quantitative estimate of drug-likeness (QED) is 0.536. The molecule has 0 nitrogen and oxygen atoms in total. The summed E-state index contributed by atoms with van der Waals surface area (Å²) in [5.41, 5.74) is 2.07. The van der Waals surface area contributed by atoms with E-state index in [0.29, 0.717) is 5.41 Å². The fraction of sp³-hybridized carbons (Fsp3) is 0.636. The van der Waals surface area contributed by atoms with E-state index in [2.05, 4.69) is 26.5 Å². The lowest BCUT2D eigenvalue weighted by molar-refractivity contribution is -0.00325. The summed E-state index contributed by atoms with van der Waals surface area (Å²) in [6.45, 7) is 8.64. The van der Waals surface area contributed by atoms with Crippen molar-refractivity contribution in [2.24, 2.45) is 17.3 Å². The van der Waals surface area contributed by atoms with Crippen LogP contribution in [0.3, 0.4) is 0 Å². The van der Waals surface area contributed by atoms with Gasteiger partial charge in [0.2, 0.25) is 0 Å². The lowest BCUT2D eigenvalue weighted by atomic mass is 9.49. The van der Waals surface area contributed by atoms with Crippen LogP contribution in [0.25, 0.3) is 0 Å². The van der Waals surface area contributed by atoms with Crippen LogP contribution >= 0.6 is 0 Å². The van der Waals surface area contributed by atoms with Gasteiger partial charge in [-0.1, -0.05) is 32.6 Å². The van der Waals surface area contributed by atoms with Crippen molar-refractivity contribution >= 4 is 0 Å². The minimum atomic E-state index is 0.568. The van der Waals surface area contributed by atoms with E-state index in [1.807, 2.05) is 6.08 Å². The first-order valence-electron chi connectivity index (χ1n) is 4.48. The van der Waals surface area contributed by atoms with Gasteiger partial charge in [0.15, 0.2) is 0 Å². The Kier molecular flexibility index (Phi) is 1.30. The summed E-state index contributed by atoms with van der Waals surface area (Å²) in [4.78, 5) is 0. The molecule has 1 saturated carbocycles. The van der Waals surface area contributed by atoms with Crippen LogP contribution in [0, 0.1) is 17.3 Å². The number of rotatable bonds is 1. The molecule has 0 aliphatic heterocycles. The Labute approximate surface area is 69.0 Å². The standard InChI is InChI=1S/C11H16/c1-4-8-5-6-9-7-10(8)11(9,2)3/h4-5,9-10H,1,6-7H2,2-3H3/t9-,10-/m0/s1. The summed E-state index contributed by atoms with van der Waals surface area (Å²) >= 11 is 0. The number of allylic oxidation sites excluding steroid dienone is 3. The lowest BCUT2D eigenvalue weighted by Crippen LogP contribution is -2.47. The van der Waals surface area contributed by atoms with E-state index in [4.69, 9.17) is 0 Å². The molecular weight excluding hydrogens is 132 g/mol. The van der Waals surface area contributed by atoms with Crippen molar-refractivity contribution in [3.05, 3.63) is 24.3 Å². The Hall–Kier alpha value is -0.520. The summed E-state index contributed by atoms with van der Waals surface area (Å²) in [6, 6.07) is 0. The fourth-order valence-corrected chi connectivity index (χ4v) is 2.63. The summed E-state index contributed by atoms with van der Waals surface area (Å²) in [5, 5.41) is 0. The van der Waals surface area contributed by atoms with Crippen molar-refractivity contribution < 1.29 is 0 Å². The maximum atomic E-state index is 3.86. The summed E-state index contributed by atoms with van der Waals surface area (Å²) in [5.74, 6) is 1.77. The van der Waals surface area contributed by atoms with Crippen molar-refractivity contribution in [2.75, 3.05) is 0 Å². The molecule has 2 bridgehead atoms. The highest BCUT2D eigenvalue weighted by molar-refractivity contribution is 5.30. The zero-order valence-corrected chi connectivity index (χ0v) is 7.43. The molecule has 0 saturated heterocycles. The average Bonchev–Trinajstić information content (AvgIpc) is 2.04. The monoisotopic (exact) mass is 148 g/mol. The Bertz CT molecular complexity index is 220. The average molecular weight is 148 g/mol. The van der Waals surface area contributed by atoms with E-state index in [1.165, 1.54) is 18.4 Å². The number of hydrogen-bond acceptors (Lipinski definition) is 0. The van der Waals surface area contributed by atoms with E-state index in [9.17, 15) is 0 Å². The van der Waals surface area contributed by atoms with Gasteiger partial charge in [0.1, 0.15) is 0 Å². The third kappa shape index (κ3) is 0.756. The molecule has 60 valence electrons. The molecule has 3 aliphatic rings. The molecule has 0 N–H and O–H groups in total.